The fourth-order valence-corrected chi connectivity index (χ4v) is 2.43. The van der Waals surface area contributed by atoms with Crippen LogP contribution in [0.5, 0.6) is 0 Å². The van der Waals surface area contributed by atoms with Gasteiger partial charge in [-0.25, -0.2) is 0 Å². The Balaban J connectivity index is 1.91. The SMILES string of the molecule is CSc1ccc(Cc2n[nH]c3ccc[c]c23)cc1. The molecule has 0 spiro atoms. The highest BCUT2D eigenvalue weighted by molar-refractivity contribution is 7.98. The van der Waals surface area contributed by atoms with Gasteiger partial charge in [-0.15, -0.1) is 11.8 Å². The van der Waals surface area contributed by atoms with Gasteiger partial charge in [-0.05, 0) is 36.1 Å². The molecule has 0 saturated carbocycles. The summed E-state index contributed by atoms with van der Waals surface area (Å²) in [5, 5.41) is 8.51. The van der Waals surface area contributed by atoms with E-state index in [4.69, 9.17) is 0 Å². The third kappa shape index (κ3) is 2.14. The van der Waals surface area contributed by atoms with Crippen molar-refractivity contribution in [1.82, 2.24) is 10.2 Å². The van der Waals surface area contributed by atoms with Gasteiger partial charge in [0.2, 0.25) is 0 Å². The Morgan fingerprint density at radius 2 is 2.06 bits per heavy atom. The minimum atomic E-state index is 0.842. The summed E-state index contributed by atoms with van der Waals surface area (Å²) in [6.45, 7) is 0. The first-order chi connectivity index (χ1) is 8.86. The van der Waals surface area contributed by atoms with Crippen LogP contribution in [0.4, 0.5) is 0 Å². The fraction of sp³-hybridized carbons (Fsp3) is 0.133. The molecule has 1 radical (unpaired) electrons. The summed E-state index contributed by atoms with van der Waals surface area (Å²) in [5.41, 5.74) is 3.38. The van der Waals surface area contributed by atoms with E-state index in [0.717, 1.165) is 23.0 Å². The maximum Gasteiger partial charge on any atom is 0.0750 e. The number of aromatic nitrogens is 2. The molecule has 0 fully saturated rings. The standard InChI is InChI=1S/C15H13N2S/c1-18-12-8-6-11(7-9-12)10-15-13-4-2-3-5-14(13)16-17-15/h2-3,5-9H,10H2,1H3,(H,16,17). The van der Waals surface area contributed by atoms with Crippen molar-refractivity contribution in [1.29, 1.82) is 0 Å². The lowest BCUT2D eigenvalue weighted by molar-refractivity contribution is 1.01. The number of aromatic amines is 1. The zero-order valence-corrected chi connectivity index (χ0v) is 10.9. The van der Waals surface area contributed by atoms with Gasteiger partial charge in [0.15, 0.2) is 0 Å². The van der Waals surface area contributed by atoms with Gasteiger partial charge in [-0.3, -0.25) is 5.10 Å². The second-order valence-corrected chi connectivity index (χ2v) is 5.03. The second kappa shape index (κ2) is 4.86. The van der Waals surface area contributed by atoms with Crippen LogP contribution in [0.15, 0.2) is 47.4 Å². The van der Waals surface area contributed by atoms with Gasteiger partial charge in [-0.2, -0.15) is 5.10 Å². The first-order valence-electron chi connectivity index (χ1n) is 5.83. The van der Waals surface area contributed by atoms with Crippen LogP contribution in [0.25, 0.3) is 10.9 Å². The van der Waals surface area contributed by atoms with Gasteiger partial charge in [0.05, 0.1) is 11.2 Å². The Kier molecular flexibility index (Phi) is 3.07. The smallest absolute Gasteiger partial charge is 0.0750 e. The molecule has 1 aromatic heterocycles. The lowest BCUT2D eigenvalue weighted by atomic mass is 10.1. The molecule has 0 amide bonds. The molecule has 0 aliphatic carbocycles. The largest absolute Gasteiger partial charge is 0.278 e. The fourth-order valence-electron chi connectivity index (χ4n) is 2.02. The van der Waals surface area contributed by atoms with E-state index in [2.05, 4.69) is 46.8 Å². The van der Waals surface area contributed by atoms with Gasteiger partial charge in [0.25, 0.3) is 0 Å². The normalized spacial score (nSPS) is 10.9. The van der Waals surface area contributed by atoms with E-state index in [1.54, 1.807) is 11.8 Å². The van der Waals surface area contributed by atoms with Crippen molar-refractivity contribution >= 4 is 22.7 Å². The molecule has 0 saturated heterocycles. The van der Waals surface area contributed by atoms with Crippen LogP contribution in [-0.4, -0.2) is 16.5 Å². The molecule has 0 aliphatic rings. The Morgan fingerprint density at radius 1 is 1.22 bits per heavy atom. The van der Waals surface area contributed by atoms with Crippen molar-refractivity contribution < 1.29 is 0 Å². The number of nitrogens with one attached hydrogen (secondary N) is 1. The summed E-state index contributed by atoms with van der Waals surface area (Å²) in [4.78, 5) is 1.29. The molecule has 2 aromatic carbocycles. The molecule has 1 heterocycles. The summed E-state index contributed by atoms with van der Waals surface area (Å²) in [6.07, 6.45) is 2.93. The first-order valence-corrected chi connectivity index (χ1v) is 7.06. The predicted octanol–water partition coefficient (Wildman–Crippen LogP) is 3.68. The molecule has 2 nitrogen and oxygen atoms in total. The van der Waals surface area contributed by atoms with E-state index >= 15 is 0 Å². The van der Waals surface area contributed by atoms with Crippen molar-refractivity contribution in [3.05, 3.63) is 59.8 Å². The van der Waals surface area contributed by atoms with Gasteiger partial charge >= 0.3 is 0 Å². The van der Waals surface area contributed by atoms with E-state index in [9.17, 15) is 0 Å². The highest BCUT2D eigenvalue weighted by atomic mass is 32.2. The summed E-state index contributed by atoms with van der Waals surface area (Å²) >= 11 is 1.76. The van der Waals surface area contributed by atoms with Crippen LogP contribution >= 0.6 is 11.8 Å². The minimum Gasteiger partial charge on any atom is -0.278 e. The Hall–Kier alpha value is -1.74. The summed E-state index contributed by atoms with van der Waals surface area (Å²) in [6, 6.07) is 17.8. The topological polar surface area (TPSA) is 28.7 Å². The van der Waals surface area contributed by atoms with Gasteiger partial charge in [0.1, 0.15) is 0 Å². The van der Waals surface area contributed by atoms with E-state index in [1.165, 1.54) is 10.5 Å². The molecule has 3 aromatic rings. The number of fused-ring (bicyclic) bond motifs is 1. The summed E-state index contributed by atoms with van der Waals surface area (Å²) < 4.78 is 0. The third-order valence-electron chi connectivity index (χ3n) is 2.99. The highest BCUT2D eigenvalue weighted by Gasteiger charge is 2.05. The molecule has 3 rings (SSSR count). The minimum absolute atomic E-state index is 0.842. The van der Waals surface area contributed by atoms with Crippen molar-refractivity contribution in [3.8, 4) is 0 Å². The van der Waals surface area contributed by atoms with Crippen molar-refractivity contribution in [2.45, 2.75) is 11.3 Å². The molecule has 18 heavy (non-hydrogen) atoms. The van der Waals surface area contributed by atoms with Crippen LogP contribution < -0.4 is 0 Å². The monoisotopic (exact) mass is 253 g/mol. The second-order valence-electron chi connectivity index (χ2n) is 4.15. The number of hydrogen-bond donors (Lipinski definition) is 1. The zero-order valence-electron chi connectivity index (χ0n) is 10.1. The van der Waals surface area contributed by atoms with Crippen LogP contribution in [-0.2, 0) is 6.42 Å². The predicted molar refractivity (Wildman–Crippen MR) is 76.0 cm³/mol. The zero-order chi connectivity index (χ0) is 12.4. The van der Waals surface area contributed by atoms with Crippen molar-refractivity contribution in [3.63, 3.8) is 0 Å². The summed E-state index contributed by atoms with van der Waals surface area (Å²) in [5.74, 6) is 0. The average Bonchev–Trinajstić information content (AvgIpc) is 2.83. The van der Waals surface area contributed by atoms with E-state index in [-0.39, 0.29) is 0 Å². The first kappa shape index (κ1) is 11.4. The van der Waals surface area contributed by atoms with Crippen LogP contribution in [0.3, 0.4) is 0 Å². The van der Waals surface area contributed by atoms with Crippen molar-refractivity contribution in [2.75, 3.05) is 6.26 Å². The molecule has 0 aliphatic heterocycles. The molecular weight excluding hydrogens is 240 g/mol. The maximum absolute atomic E-state index is 4.37. The maximum atomic E-state index is 4.37. The van der Waals surface area contributed by atoms with E-state index in [1.807, 2.05) is 18.2 Å². The molecule has 0 bridgehead atoms. The summed E-state index contributed by atoms with van der Waals surface area (Å²) in [7, 11) is 0. The Morgan fingerprint density at radius 3 is 2.83 bits per heavy atom. The van der Waals surface area contributed by atoms with Crippen LogP contribution in [0, 0.1) is 6.07 Å². The van der Waals surface area contributed by atoms with Crippen LogP contribution in [0.1, 0.15) is 11.3 Å². The van der Waals surface area contributed by atoms with E-state index in [0.29, 0.717) is 0 Å². The van der Waals surface area contributed by atoms with E-state index < -0.39 is 0 Å². The molecular formula is C15H13N2S. The third-order valence-corrected chi connectivity index (χ3v) is 3.73. The number of thioether (sulfide) groups is 1. The molecule has 3 heteroatoms. The lowest BCUT2D eigenvalue weighted by Crippen LogP contribution is -1.89. The number of rotatable bonds is 3. The van der Waals surface area contributed by atoms with Gasteiger partial charge in [-0.1, -0.05) is 24.3 Å². The number of H-pyrrole nitrogens is 1. The van der Waals surface area contributed by atoms with Crippen molar-refractivity contribution in [2.24, 2.45) is 0 Å². The Labute approximate surface area is 110 Å². The number of benzene rings is 2. The molecule has 89 valence electrons. The quantitative estimate of drug-likeness (QED) is 0.721. The number of hydrogen-bond acceptors (Lipinski definition) is 2. The average molecular weight is 253 g/mol. The Bertz CT molecular complexity index is 656. The number of nitrogens with zero attached hydrogens (tertiary/aromatic N) is 1. The molecule has 0 atom stereocenters. The van der Waals surface area contributed by atoms with Crippen LogP contribution in [0.2, 0.25) is 0 Å². The molecule has 1 N–H and O–H groups in total. The molecule has 0 unspecified atom stereocenters. The lowest BCUT2D eigenvalue weighted by Gasteiger charge is -2.00. The van der Waals surface area contributed by atoms with Gasteiger partial charge < -0.3 is 0 Å². The van der Waals surface area contributed by atoms with Gasteiger partial charge in [0, 0.05) is 16.7 Å². The highest BCUT2D eigenvalue weighted by Crippen LogP contribution is 2.20.